The predicted molar refractivity (Wildman–Crippen MR) is 276 cm³/mol. The number of hydrogen-bond acceptors (Lipinski definition) is 14. The van der Waals surface area contributed by atoms with E-state index in [1.807, 2.05) is 22.8 Å². The highest BCUT2D eigenvalue weighted by molar-refractivity contribution is 5.87. The molecule has 2 bridgehead atoms. The molecule has 4 aliphatic rings. The van der Waals surface area contributed by atoms with Gasteiger partial charge in [-0.15, -0.1) is 0 Å². The van der Waals surface area contributed by atoms with Crippen LogP contribution in [-0.4, -0.2) is 158 Å². The number of hydrazine groups is 1. The maximum atomic E-state index is 14.6. The Morgan fingerprint density at radius 1 is 0.808 bits per heavy atom. The number of fused-ring (bicyclic) bond motifs is 2. The van der Waals surface area contributed by atoms with E-state index < -0.39 is 78.0 Å². The SMILES string of the molecule is COC(=O)N[C@H](C(=O)N[C@@H](Cc1ccc(C#Cc2ccc(N3C[C@H]4C[C@@H]3CN4C3COC3)nc2)cc1)[C@@H](O)CN(Cc1ccc(C(N)=CC=NC2CC2)cc1)NC(=O)[C@@H](NC(=O)OC)C(C)(C)C(F)(F)F)C(C)(C)C(F)(F)F. The largest absolute Gasteiger partial charge is 0.453 e. The lowest BCUT2D eigenvalue weighted by Gasteiger charge is -2.42. The number of piperazine rings is 1. The zero-order chi connectivity index (χ0) is 56.7. The Morgan fingerprint density at radius 3 is 1.90 bits per heavy atom. The lowest BCUT2D eigenvalue weighted by Crippen LogP contribution is -2.63. The van der Waals surface area contributed by atoms with Crippen molar-refractivity contribution in [3.05, 3.63) is 101 Å². The first kappa shape index (κ1) is 58.7. The molecule has 4 fully saturated rings. The van der Waals surface area contributed by atoms with Crippen molar-refractivity contribution in [2.24, 2.45) is 21.6 Å². The van der Waals surface area contributed by atoms with Gasteiger partial charge in [-0.05, 0) is 100 Å². The minimum absolute atomic E-state index is 0.253. The molecule has 1 aliphatic carbocycles. The van der Waals surface area contributed by atoms with Gasteiger partial charge < -0.3 is 45.9 Å². The van der Waals surface area contributed by atoms with Crippen LogP contribution in [0.25, 0.3) is 5.70 Å². The van der Waals surface area contributed by atoms with Crippen molar-refractivity contribution < 1.29 is 64.8 Å². The summed E-state index contributed by atoms with van der Waals surface area (Å²) in [7, 11) is 1.79. The number of aliphatic imine (C=N–C) groups is 1. The van der Waals surface area contributed by atoms with Gasteiger partial charge in [0.1, 0.15) is 17.9 Å². The second-order valence-corrected chi connectivity index (χ2v) is 21.1. The van der Waals surface area contributed by atoms with Crippen LogP contribution in [0.15, 0.2) is 77.9 Å². The number of methoxy groups -OCH3 is 2. The number of nitrogens with two attached hydrogens (primary N) is 1. The van der Waals surface area contributed by atoms with Crippen LogP contribution in [0.2, 0.25) is 0 Å². The van der Waals surface area contributed by atoms with E-state index in [2.05, 4.69) is 46.8 Å². The number of nitrogens with one attached hydrogen (secondary N) is 4. The number of anilines is 1. The number of allylic oxidation sites excluding steroid dienone is 1. The average molecular weight is 1100 g/mol. The molecular formula is C54H66F6N10O8. The topological polar surface area (TPSA) is 225 Å². The monoisotopic (exact) mass is 1100 g/mol. The van der Waals surface area contributed by atoms with Crippen LogP contribution in [0, 0.1) is 22.7 Å². The van der Waals surface area contributed by atoms with Crippen LogP contribution in [0.1, 0.15) is 74.8 Å². The molecular weight excluding hydrogens is 1030 g/mol. The summed E-state index contributed by atoms with van der Waals surface area (Å²) in [5.74, 6) is 4.27. The van der Waals surface area contributed by atoms with Crippen molar-refractivity contribution in [2.75, 3.05) is 52.0 Å². The summed E-state index contributed by atoms with van der Waals surface area (Å²) in [6.07, 6.45) is -7.00. The zero-order valence-corrected chi connectivity index (χ0v) is 44.1. The first-order valence-corrected chi connectivity index (χ1v) is 25.4. The van der Waals surface area contributed by atoms with Crippen molar-refractivity contribution in [2.45, 2.75) is 121 Å². The van der Waals surface area contributed by atoms with Gasteiger partial charge in [-0.2, -0.15) is 26.3 Å². The van der Waals surface area contributed by atoms with Gasteiger partial charge in [0.25, 0.3) is 5.91 Å². The van der Waals surface area contributed by atoms with Gasteiger partial charge in [0.2, 0.25) is 5.91 Å². The number of benzene rings is 2. The molecule has 1 aromatic heterocycles. The van der Waals surface area contributed by atoms with E-state index in [-0.39, 0.29) is 19.0 Å². The van der Waals surface area contributed by atoms with Gasteiger partial charge in [-0.1, -0.05) is 48.2 Å². The van der Waals surface area contributed by atoms with E-state index in [0.29, 0.717) is 79.3 Å². The van der Waals surface area contributed by atoms with Crippen LogP contribution in [0.4, 0.5) is 41.7 Å². The third-order valence-electron chi connectivity index (χ3n) is 14.7. The van der Waals surface area contributed by atoms with Crippen LogP contribution in [-0.2, 0) is 36.8 Å². The molecule has 18 nitrogen and oxygen atoms in total. The molecule has 2 aromatic carbocycles. The second-order valence-electron chi connectivity index (χ2n) is 21.1. The molecule has 7 rings (SSSR count). The van der Waals surface area contributed by atoms with Gasteiger partial charge in [0.15, 0.2) is 0 Å². The standard InChI is InChI=1S/C54H66F6N10O8/c1-51(2,53(55,56)57)45(65-49(74)76-5)47(72)64-42(23-33-10-7-32(8-11-33)9-12-34-15-20-44(63-25-34)70-28-38-24-39(70)27-69(38)40-30-78-31-40)43(71)29-68(67-48(73)46(66-50(75)77-6)52(3,4)54(58,59)60)26-35-13-16-36(17-14-35)41(61)21-22-62-37-18-19-37/h7-8,10-11,13-17,20-22,25,37-40,42-43,45-46,71H,18-19,23-24,26-31,61H2,1-6H3,(H,64,72)(H,65,74)(H,66,75)(H,67,73)/t38-,39-,42+,43+,45-,46-/m1/s1. The molecule has 7 N–H and O–H groups in total. The van der Waals surface area contributed by atoms with Gasteiger partial charge >= 0.3 is 24.5 Å². The number of likely N-dealkylation sites (tertiary alicyclic amines) is 1. The molecule has 4 heterocycles. The number of amides is 4. The molecule has 3 aliphatic heterocycles. The Kier molecular flexibility index (Phi) is 18.4. The third kappa shape index (κ3) is 14.4. The maximum absolute atomic E-state index is 14.6. The summed E-state index contributed by atoms with van der Waals surface area (Å²) in [5.41, 5.74) is 5.81. The molecule has 3 saturated heterocycles. The predicted octanol–water partition coefficient (Wildman–Crippen LogP) is 5.22. The highest BCUT2D eigenvalue weighted by Crippen LogP contribution is 2.42. The highest BCUT2D eigenvalue weighted by Gasteiger charge is 2.57. The number of halogens is 6. The van der Waals surface area contributed by atoms with E-state index in [0.717, 1.165) is 70.6 Å². The van der Waals surface area contributed by atoms with Crippen LogP contribution in [0.3, 0.4) is 0 Å². The maximum Gasteiger partial charge on any atom is 0.407 e. The van der Waals surface area contributed by atoms with Gasteiger partial charge in [-0.3, -0.25) is 24.9 Å². The molecule has 78 heavy (non-hydrogen) atoms. The van der Waals surface area contributed by atoms with Crippen LogP contribution in [0.5, 0.6) is 0 Å². The molecule has 3 aromatic rings. The van der Waals surface area contributed by atoms with Crippen molar-refractivity contribution in [1.82, 2.24) is 36.3 Å². The highest BCUT2D eigenvalue weighted by atomic mass is 19.4. The summed E-state index contributed by atoms with van der Waals surface area (Å²) in [5, 5.41) is 19.5. The molecule has 6 atom stereocenters. The number of aliphatic hydroxyl groups excluding tert-OH is 1. The fourth-order valence-electron chi connectivity index (χ4n) is 9.28. The second kappa shape index (κ2) is 24.4. The summed E-state index contributed by atoms with van der Waals surface area (Å²) in [6, 6.07) is 12.2. The Labute approximate surface area is 448 Å². The average Bonchev–Trinajstić information content (AvgIpc) is 4.18. The van der Waals surface area contributed by atoms with E-state index >= 15 is 0 Å². The first-order chi connectivity index (χ1) is 36.8. The molecule has 24 heteroatoms. The van der Waals surface area contributed by atoms with Crippen molar-refractivity contribution in [3.8, 4) is 11.8 Å². The number of alkyl halides is 6. The number of carbonyl (C=O) groups excluding carboxylic acids is 4. The fraction of sp³-hybridized carbons (Fsp3) is 0.519. The fourth-order valence-corrected chi connectivity index (χ4v) is 9.28. The Bertz CT molecular complexity index is 2720. The number of aliphatic hydroxyl groups is 1. The smallest absolute Gasteiger partial charge is 0.407 e. The number of pyridine rings is 1. The van der Waals surface area contributed by atoms with Crippen LogP contribution >= 0.6 is 0 Å². The third-order valence-corrected chi connectivity index (χ3v) is 14.7. The lowest BCUT2D eigenvalue weighted by molar-refractivity contribution is -0.221. The molecule has 0 spiro atoms. The first-order valence-electron chi connectivity index (χ1n) is 25.4. The van der Waals surface area contributed by atoms with E-state index in [9.17, 15) is 50.6 Å². The van der Waals surface area contributed by atoms with Gasteiger partial charge in [-0.25, -0.2) is 19.6 Å². The Hall–Kier alpha value is -6.94. The summed E-state index contributed by atoms with van der Waals surface area (Å²) in [4.78, 5) is 66.9. The Morgan fingerprint density at radius 2 is 1.38 bits per heavy atom. The number of rotatable bonds is 20. The molecule has 4 amide bonds. The van der Waals surface area contributed by atoms with E-state index in [4.69, 9.17) is 15.5 Å². The number of hydrogen-bond donors (Lipinski definition) is 6. The normalized spacial score (nSPS) is 19.8. The molecule has 0 unspecified atom stereocenters. The Balaban J connectivity index is 1.14. The summed E-state index contributed by atoms with van der Waals surface area (Å²) in [6.45, 7) is 5.13. The minimum Gasteiger partial charge on any atom is -0.453 e. The van der Waals surface area contributed by atoms with Gasteiger partial charge in [0, 0.05) is 67.5 Å². The number of alkyl carbamates (subject to hydrolysis) is 2. The summed E-state index contributed by atoms with van der Waals surface area (Å²) >= 11 is 0. The van der Waals surface area contributed by atoms with Crippen molar-refractivity contribution in [1.29, 1.82) is 0 Å². The zero-order valence-electron chi connectivity index (χ0n) is 44.1. The van der Waals surface area contributed by atoms with Crippen molar-refractivity contribution >= 4 is 41.7 Å². The summed E-state index contributed by atoms with van der Waals surface area (Å²) < 4.78 is 102. The lowest BCUT2D eigenvalue weighted by atomic mass is 9.82. The quantitative estimate of drug-likeness (QED) is 0.0370. The molecule has 0 radical (unpaired) electrons. The van der Waals surface area contributed by atoms with Crippen molar-refractivity contribution in [3.63, 3.8) is 0 Å². The number of carbonyl (C=O) groups is 4. The number of nitrogens with zero attached hydrogens (tertiary/aromatic N) is 5. The van der Waals surface area contributed by atoms with Gasteiger partial charge in [0.05, 0.1) is 62.5 Å². The van der Waals surface area contributed by atoms with E-state index in [1.165, 1.54) is 0 Å². The minimum atomic E-state index is -5.07. The number of aromatic nitrogens is 1. The van der Waals surface area contributed by atoms with E-state index in [1.54, 1.807) is 67.0 Å². The molecule has 1 saturated carbocycles. The number of ether oxygens (including phenoxy) is 3. The molecule has 422 valence electrons. The van der Waals surface area contributed by atoms with Crippen LogP contribution < -0.4 is 32.0 Å².